The Bertz CT molecular complexity index is 552. The van der Waals surface area contributed by atoms with Gasteiger partial charge in [-0.15, -0.1) is 11.3 Å². The van der Waals surface area contributed by atoms with E-state index in [9.17, 15) is 0 Å². The molecule has 5 heteroatoms. The molecule has 4 nitrogen and oxygen atoms in total. The molecule has 1 aliphatic rings. The van der Waals surface area contributed by atoms with Crippen LogP contribution in [-0.4, -0.2) is 28.2 Å². The predicted octanol–water partition coefficient (Wildman–Crippen LogP) is 3.06. The molecular weight excluding hydrogens is 246 g/mol. The van der Waals surface area contributed by atoms with Gasteiger partial charge in [-0.1, -0.05) is 0 Å². The normalized spacial score (nSPS) is 23.1. The quantitative estimate of drug-likeness (QED) is 0.904. The van der Waals surface area contributed by atoms with Crippen molar-refractivity contribution in [3.63, 3.8) is 0 Å². The number of rotatable bonds is 2. The average molecular weight is 263 g/mol. The molecule has 2 aromatic rings. The topological polar surface area (TPSA) is 47.0 Å². The Morgan fingerprint density at radius 1 is 1.44 bits per heavy atom. The summed E-state index contributed by atoms with van der Waals surface area (Å²) in [5.74, 6) is 0.956. The van der Waals surface area contributed by atoms with Crippen LogP contribution in [0.3, 0.4) is 0 Å². The van der Waals surface area contributed by atoms with Gasteiger partial charge in [-0.05, 0) is 38.1 Å². The first kappa shape index (κ1) is 11.9. The summed E-state index contributed by atoms with van der Waals surface area (Å²) in [7, 11) is 0. The van der Waals surface area contributed by atoms with Crippen molar-refractivity contribution in [2.75, 3.05) is 11.9 Å². The molecule has 18 heavy (non-hydrogen) atoms. The van der Waals surface area contributed by atoms with Crippen LogP contribution in [0.25, 0.3) is 10.2 Å². The standard InChI is InChI=1S/C13H17N3OS/c1-13(2)7-9(3-5-17-13)16-12-11-10(4-6-18-11)14-8-15-12/h4,6,8-9H,3,5,7H2,1-2H3,(H,14,15,16). The molecule has 0 aliphatic carbocycles. The van der Waals surface area contributed by atoms with Crippen molar-refractivity contribution < 1.29 is 4.74 Å². The second-order valence-electron chi connectivity index (χ2n) is 5.30. The average Bonchev–Trinajstić information content (AvgIpc) is 2.77. The minimum atomic E-state index is -0.0441. The lowest BCUT2D eigenvalue weighted by atomic mass is 9.94. The van der Waals surface area contributed by atoms with Crippen molar-refractivity contribution in [2.45, 2.75) is 38.3 Å². The van der Waals surface area contributed by atoms with Crippen LogP contribution in [0.5, 0.6) is 0 Å². The van der Waals surface area contributed by atoms with Crippen molar-refractivity contribution in [1.29, 1.82) is 0 Å². The van der Waals surface area contributed by atoms with E-state index in [2.05, 4.69) is 34.5 Å². The highest BCUT2D eigenvalue weighted by Gasteiger charge is 2.29. The van der Waals surface area contributed by atoms with E-state index < -0.39 is 0 Å². The zero-order valence-electron chi connectivity index (χ0n) is 10.6. The van der Waals surface area contributed by atoms with Crippen LogP contribution >= 0.6 is 11.3 Å². The zero-order chi connectivity index (χ0) is 12.6. The van der Waals surface area contributed by atoms with E-state index in [1.54, 1.807) is 17.7 Å². The van der Waals surface area contributed by atoms with Crippen molar-refractivity contribution in [3.8, 4) is 0 Å². The van der Waals surface area contributed by atoms with E-state index in [4.69, 9.17) is 4.74 Å². The zero-order valence-corrected chi connectivity index (χ0v) is 11.5. The van der Waals surface area contributed by atoms with E-state index in [0.29, 0.717) is 6.04 Å². The number of hydrogen-bond acceptors (Lipinski definition) is 5. The van der Waals surface area contributed by atoms with E-state index in [1.807, 2.05) is 6.07 Å². The fourth-order valence-corrected chi connectivity index (χ4v) is 3.24. The number of hydrogen-bond donors (Lipinski definition) is 1. The van der Waals surface area contributed by atoms with Gasteiger partial charge in [0.25, 0.3) is 0 Å². The number of nitrogens with one attached hydrogen (secondary N) is 1. The van der Waals surface area contributed by atoms with Crippen LogP contribution in [0.2, 0.25) is 0 Å². The summed E-state index contributed by atoms with van der Waals surface area (Å²) < 4.78 is 6.88. The van der Waals surface area contributed by atoms with Gasteiger partial charge in [0.1, 0.15) is 12.1 Å². The Morgan fingerprint density at radius 2 is 2.33 bits per heavy atom. The molecule has 0 aromatic carbocycles. The van der Waals surface area contributed by atoms with Crippen LogP contribution in [0.4, 0.5) is 5.82 Å². The summed E-state index contributed by atoms with van der Waals surface area (Å²) in [5, 5.41) is 5.60. The first-order valence-corrected chi connectivity index (χ1v) is 7.11. The van der Waals surface area contributed by atoms with Gasteiger partial charge in [0.15, 0.2) is 0 Å². The Labute approximate surface area is 110 Å². The fraction of sp³-hybridized carbons (Fsp3) is 0.538. The van der Waals surface area contributed by atoms with E-state index in [0.717, 1.165) is 35.5 Å². The third-order valence-electron chi connectivity index (χ3n) is 3.28. The molecule has 0 bridgehead atoms. The Morgan fingerprint density at radius 3 is 3.17 bits per heavy atom. The summed E-state index contributed by atoms with van der Waals surface area (Å²) in [6.45, 7) is 5.09. The summed E-state index contributed by atoms with van der Waals surface area (Å²) >= 11 is 1.68. The van der Waals surface area contributed by atoms with Gasteiger partial charge in [0, 0.05) is 12.6 Å². The van der Waals surface area contributed by atoms with Gasteiger partial charge < -0.3 is 10.1 Å². The van der Waals surface area contributed by atoms with Gasteiger partial charge in [0.2, 0.25) is 0 Å². The molecule has 2 aromatic heterocycles. The van der Waals surface area contributed by atoms with Crippen LogP contribution in [0.15, 0.2) is 17.8 Å². The van der Waals surface area contributed by atoms with Gasteiger partial charge in [0.05, 0.1) is 15.8 Å². The molecule has 96 valence electrons. The summed E-state index contributed by atoms with van der Waals surface area (Å²) in [6.07, 6.45) is 3.66. The van der Waals surface area contributed by atoms with Gasteiger partial charge >= 0.3 is 0 Å². The number of anilines is 1. The maximum atomic E-state index is 5.74. The minimum absolute atomic E-state index is 0.0441. The third kappa shape index (κ3) is 2.33. The van der Waals surface area contributed by atoms with Crippen LogP contribution in [0, 0.1) is 0 Å². The number of thiophene rings is 1. The van der Waals surface area contributed by atoms with Crippen LogP contribution < -0.4 is 5.32 Å². The minimum Gasteiger partial charge on any atom is -0.375 e. The number of fused-ring (bicyclic) bond motifs is 1. The van der Waals surface area contributed by atoms with Crippen LogP contribution in [-0.2, 0) is 4.74 Å². The highest BCUT2D eigenvalue weighted by molar-refractivity contribution is 7.17. The largest absolute Gasteiger partial charge is 0.375 e. The Balaban J connectivity index is 1.82. The molecule has 1 atom stereocenters. The molecule has 3 heterocycles. The lowest BCUT2D eigenvalue weighted by Crippen LogP contribution is -2.40. The molecule has 3 rings (SSSR count). The highest BCUT2D eigenvalue weighted by atomic mass is 32.1. The molecule has 1 aliphatic heterocycles. The maximum absolute atomic E-state index is 5.74. The Hall–Kier alpha value is -1.20. The van der Waals surface area contributed by atoms with E-state index in [1.165, 1.54) is 0 Å². The molecule has 1 saturated heterocycles. The Kier molecular flexibility index (Phi) is 2.95. The van der Waals surface area contributed by atoms with Crippen LogP contribution in [0.1, 0.15) is 26.7 Å². The van der Waals surface area contributed by atoms with Crippen molar-refractivity contribution in [1.82, 2.24) is 9.97 Å². The highest BCUT2D eigenvalue weighted by Crippen LogP contribution is 2.29. The molecule has 0 amide bonds. The first-order chi connectivity index (χ1) is 8.64. The smallest absolute Gasteiger partial charge is 0.147 e. The predicted molar refractivity (Wildman–Crippen MR) is 74.1 cm³/mol. The summed E-state index contributed by atoms with van der Waals surface area (Å²) in [4.78, 5) is 8.63. The van der Waals surface area contributed by atoms with E-state index >= 15 is 0 Å². The lowest BCUT2D eigenvalue weighted by molar-refractivity contribution is -0.0553. The van der Waals surface area contributed by atoms with Crippen molar-refractivity contribution in [2.24, 2.45) is 0 Å². The molecule has 1 N–H and O–H groups in total. The molecule has 0 radical (unpaired) electrons. The fourth-order valence-electron chi connectivity index (χ4n) is 2.44. The summed E-state index contributed by atoms with van der Waals surface area (Å²) in [5.41, 5.74) is 0.973. The molecular formula is C13H17N3OS. The second-order valence-corrected chi connectivity index (χ2v) is 6.22. The SMILES string of the molecule is CC1(C)CC(Nc2ncnc3ccsc23)CCO1. The van der Waals surface area contributed by atoms with Gasteiger partial charge in [-0.2, -0.15) is 0 Å². The van der Waals surface area contributed by atoms with Crippen molar-refractivity contribution >= 4 is 27.4 Å². The molecule has 1 fully saturated rings. The first-order valence-electron chi connectivity index (χ1n) is 6.23. The number of ether oxygens (including phenoxy) is 1. The maximum Gasteiger partial charge on any atom is 0.147 e. The number of nitrogens with zero attached hydrogens (tertiary/aromatic N) is 2. The van der Waals surface area contributed by atoms with E-state index in [-0.39, 0.29) is 5.60 Å². The lowest BCUT2D eigenvalue weighted by Gasteiger charge is -2.36. The summed E-state index contributed by atoms with van der Waals surface area (Å²) in [6, 6.07) is 2.45. The van der Waals surface area contributed by atoms with Crippen molar-refractivity contribution in [3.05, 3.63) is 17.8 Å². The molecule has 0 saturated carbocycles. The third-order valence-corrected chi connectivity index (χ3v) is 4.19. The van der Waals surface area contributed by atoms with Gasteiger partial charge in [-0.25, -0.2) is 9.97 Å². The molecule has 1 unspecified atom stereocenters. The number of aromatic nitrogens is 2. The second kappa shape index (κ2) is 4.48. The molecule has 0 spiro atoms. The van der Waals surface area contributed by atoms with Gasteiger partial charge in [-0.3, -0.25) is 0 Å². The monoisotopic (exact) mass is 263 g/mol.